The van der Waals surface area contributed by atoms with E-state index in [4.69, 9.17) is 4.74 Å². The third kappa shape index (κ3) is 2.80. The first-order chi connectivity index (χ1) is 11.8. The van der Waals surface area contributed by atoms with E-state index in [1.54, 1.807) is 25.4 Å². The van der Waals surface area contributed by atoms with E-state index in [2.05, 4.69) is 15.3 Å². The molecule has 1 saturated carbocycles. The summed E-state index contributed by atoms with van der Waals surface area (Å²) in [6.45, 7) is 1.98. The van der Waals surface area contributed by atoms with Crippen LogP contribution in [0.4, 0.5) is 0 Å². The molecule has 7 heteroatoms. The Balaban J connectivity index is 1.62. The van der Waals surface area contributed by atoms with Crippen molar-refractivity contribution in [3.63, 3.8) is 0 Å². The van der Waals surface area contributed by atoms with Gasteiger partial charge in [0, 0.05) is 32.8 Å². The quantitative estimate of drug-likeness (QED) is 0.831. The molecule has 2 aliphatic rings. The highest BCUT2D eigenvalue weighted by Crippen LogP contribution is 2.33. The first-order valence-corrected chi connectivity index (χ1v) is 8.41. The van der Waals surface area contributed by atoms with E-state index in [-0.39, 0.29) is 11.9 Å². The van der Waals surface area contributed by atoms with Crippen LogP contribution >= 0.6 is 0 Å². The second-order valence-corrected chi connectivity index (χ2v) is 6.48. The van der Waals surface area contributed by atoms with Crippen LogP contribution in [-0.4, -0.2) is 51.0 Å². The van der Waals surface area contributed by atoms with E-state index in [0.717, 1.165) is 30.3 Å². The fourth-order valence-electron chi connectivity index (χ4n) is 3.29. The van der Waals surface area contributed by atoms with E-state index in [1.165, 1.54) is 12.8 Å². The molecule has 0 bridgehead atoms. The molecule has 0 radical (unpaired) electrons. The van der Waals surface area contributed by atoms with Crippen molar-refractivity contribution in [2.75, 3.05) is 20.3 Å². The topological polar surface area (TPSA) is 73.1 Å². The number of hydrogen-bond donors (Lipinski definition) is 0. The zero-order valence-electron chi connectivity index (χ0n) is 13.8. The Morgan fingerprint density at radius 2 is 2.25 bits per heavy atom. The van der Waals surface area contributed by atoms with Crippen molar-refractivity contribution < 1.29 is 9.53 Å². The van der Waals surface area contributed by atoms with Gasteiger partial charge in [0.15, 0.2) is 0 Å². The number of aromatic nitrogens is 4. The van der Waals surface area contributed by atoms with Gasteiger partial charge in [0.05, 0.1) is 12.3 Å². The van der Waals surface area contributed by atoms with Gasteiger partial charge in [-0.1, -0.05) is 11.3 Å². The van der Waals surface area contributed by atoms with Crippen molar-refractivity contribution in [1.29, 1.82) is 0 Å². The second-order valence-electron chi connectivity index (χ2n) is 6.48. The zero-order valence-corrected chi connectivity index (χ0v) is 13.8. The van der Waals surface area contributed by atoms with Crippen molar-refractivity contribution >= 4 is 5.91 Å². The molecule has 2 aromatic heterocycles. The van der Waals surface area contributed by atoms with Crippen molar-refractivity contribution in [2.45, 2.75) is 31.8 Å². The standard InChI is InChI=1S/C17H21N5O2/c1-24-11-15-16-14(22(20-19-16)10-12-5-6-12)7-9-21(15)17(23)13-4-2-3-8-18-13/h2-4,8,12,15H,5-7,9-11H2,1H3. The van der Waals surface area contributed by atoms with Gasteiger partial charge in [-0.05, 0) is 30.9 Å². The number of rotatable bonds is 5. The third-order valence-electron chi connectivity index (χ3n) is 4.75. The SMILES string of the molecule is COCC1c2nnn(CC3CC3)c2CCN1C(=O)c1ccccn1. The first kappa shape index (κ1) is 15.3. The van der Waals surface area contributed by atoms with Gasteiger partial charge >= 0.3 is 0 Å². The Morgan fingerprint density at radius 3 is 2.96 bits per heavy atom. The Kier molecular flexibility index (Phi) is 4.02. The maximum atomic E-state index is 12.8. The molecular formula is C17H21N5O2. The number of carbonyl (C=O) groups excluding carboxylic acids is 1. The molecule has 1 aliphatic heterocycles. The summed E-state index contributed by atoms with van der Waals surface area (Å²) in [6, 6.07) is 5.17. The van der Waals surface area contributed by atoms with Crippen LogP contribution in [0, 0.1) is 5.92 Å². The summed E-state index contributed by atoms with van der Waals surface area (Å²) >= 11 is 0. The highest BCUT2D eigenvalue weighted by atomic mass is 16.5. The lowest BCUT2D eigenvalue weighted by atomic mass is 10.0. The number of pyridine rings is 1. The number of carbonyl (C=O) groups is 1. The van der Waals surface area contributed by atoms with Crippen molar-refractivity contribution in [2.24, 2.45) is 5.92 Å². The number of fused-ring (bicyclic) bond motifs is 1. The van der Waals surface area contributed by atoms with E-state index < -0.39 is 0 Å². The summed E-state index contributed by atoms with van der Waals surface area (Å²) in [4.78, 5) is 18.8. The van der Waals surface area contributed by atoms with Crippen LogP contribution in [0.3, 0.4) is 0 Å². The lowest BCUT2D eigenvalue weighted by molar-refractivity contribution is 0.0485. The molecule has 1 amide bonds. The molecule has 1 fully saturated rings. The molecule has 7 nitrogen and oxygen atoms in total. The summed E-state index contributed by atoms with van der Waals surface area (Å²) in [5.41, 5.74) is 2.47. The number of methoxy groups -OCH3 is 1. The molecule has 24 heavy (non-hydrogen) atoms. The highest BCUT2D eigenvalue weighted by molar-refractivity contribution is 5.92. The van der Waals surface area contributed by atoms with E-state index in [9.17, 15) is 4.79 Å². The summed E-state index contributed by atoms with van der Waals surface area (Å²) < 4.78 is 7.39. The Morgan fingerprint density at radius 1 is 1.38 bits per heavy atom. The largest absolute Gasteiger partial charge is 0.382 e. The Bertz CT molecular complexity index is 726. The molecule has 4 rings (SSSR count). The van der Waals surface area contributed by atoms with E-state index >= 15 is 0 Å². The van der Waals surface area contributed by atoms with Gasteiger partial charge in [-0.2, -0.15) is 0 Å². The van der Waals surface area contributed by atoms with Crippen molar-refractivity contribution in [1.82, 2.24) is 24.9 Å². The fraction of sp³-hybridized carbons (Fsp3) is 0.529. The molecule has 2 aromatic rings. The van der Waals surface area contributed by atoms with Gasteiger partial charge in [-0.3, -0.25) is 9.78 Å². The summed E-state index contributed by atoms with van der Waals surface area (Å²) in [5.74, 6) is 0.657. The summed E-state index contributed by atoms with van der Waals surface area (Å²) in [5, 5.41) is 8.72. The third-order valence-corrected chi connectivity index (χ3v) is 4.75. The first-order valence-electron chi connectivity index (χ1n) is 8.41. The number of amides is 1. The molecule has 1 aliphatic carbocycles. The summed E-state index contributed by atoms with van der Waals surface area (Å²) in [6.07, 6.45) is 4.97. The number of ether oxygens (including phenoxy) is 1. The zero-order chi connectivity index (χ0) is 16.5. The highest BCUT2D eigenvalue weighted by Gasteiger charge is 2.36. The minimum atomic E-state index is -0.207. The second kappa shape index (κ2) is 6.32. The van der Waals surface area contributed by atoms with Crippen LogP contribution in [0.1, 0.15) is 40.8 Å². The molecule has 0 spiro atoms. The van der Waals surface area contributed by atoms with Gasteiger partial charge in [0.1, 0.15) is 17.4 Å². The lowest BCUT2D eigenvalue weighted by Crippen LogP contribution is -2.42. The summed E-state index contributed by atoms with van der Waals surface area (Å²) in [7, 11) is 1.65. The van der Waals surface area contributed by atoms with Gasteiger partial charge < -0.3 is 9.64 Å². The van der Waals surface area contributed by atoms with Crippen LogP contribution in [0.5, 0.6) is 0 Å². The molecule has 3 heterocycles. The van der Waals surface area contributed by atoms with Gasteiger partial charge in [-0.25, -0.2) is 4.68 Å². The molecule has 126 valence electrons. The van der Waals surface area contributed by atoms with Gasteiger partial charge in [0.25, 0.3) is 5.91 Å². The van der Waals surface area contributed by atoms with E-state index in [0.29, 0.717) is 18.8 Å². The normalized spacial score (nSPS) is 20.0. The minimum Gasteiger partial charge on any atom is -0.382 e. The fourth-order valence-corrected chi connectivity index (χ4v) is 3.29. The maximum absolute atomic E-state index is 12.8. The predicted octanol–water partition coefficient (Wildman–Crippen LogP) is 1.47. The average molecular weight is 327 g/mol. The molecule has 1 unspecified atom stereocenters. The molecule has 0 saturated heterocycles. The van der Waals surface area contributed by atoms with Crippen LogP contribution < -0.4 is 0 Å². The van der Waals surface area contributed by atoms with Crippen LogP contribution in [0.15, 0.2) is 24.4 Å². The van der Waals surface area contributed by atoms with E-state index in [1.807, 2.05) is 15.6 Å². The Labute approximate surface area is 140 Å². The monoisotopic (exact) mass is 327 g/mol. The van der Waals surface area contributed by atoms with Crippen LogP contribution in [0.2, 0.25) is 0 Å². The average Bonchev–Trinajstić information content (AvgIpc) is 3.34. The lowest BCUT2D eigenvalue weighted by Gasteiger charge is -2.34. The number of hydrogen-bond acceptors (Lipinski definition) is 5. The maximum Gasteiger partial charge on any atom is 0.273 e. The molecule has 0 aromatic carbocycles. The number of nitrogens with zero attached hydrogens (tertiary/aromatic N) is 5. The van der Waals surface area contributed by atoms with Crippen LogP contribution in [0.25, 0.3) is 0 Å². The van der Waals surface area contributed by atoms with Crippen LogP contribution in [-0.2, 0) is 17.7 Å². The Hall–Kier alpha value is -2.28. The molecular weight excluding hydrogens is 306 g/mol. The molecule has 0 N–H and O–H groups in total. The molecule has 1 atom stereocenters. The van der Waals surface area contributed by atoms with Crippen molar-refractivity contribution in [3.8, 4) is 0 Å². The smallest absolute Gasteiger partial charge is 0.273 e. The van der Waals surface area contributed by atoms with Gasteiger partial charge in [0.2, 0.25) is 0 Å². The van der Waals surface area contributed by atoms with Gasteiger partial charge in [-0.15, -0.1) is 5.10 Å². The van der Waals surface area contributed by atoms with Crippen molar-refractivity contribution in [3.05, 3.63) is 41.5 Å². The minimum absolute atomic E-state index is 0.0833. The predicted molar refractivity (Wildman–Crippen MR) is 86.3 cm³/mol.